The fourth-order valence-electron chi connectivity index (χ4n) is 5.70. The lowest BCUT2D eigenvalue weighted by molar-refractivity contribution is -0.123. The number of carbonyl (C=O) groups excluding carboxylic acids is 2. The first-order valence-corrected chi connectivity index (χ1v) is 9.69. The highest BCUT2D eigenvalue weighted by Crippen LogP contribution is 2.56. The van der Waals surface area contributed by atoms with Gasteiger partial charge in [-0.1, -0.05) is 12.1 Å². The Morgan fingerprint density at radius 2 is 1.46 bits per heavy atom. The lowest BCUT2D eigenvalue weighted by Gasteiger charge is -2.57. The van der Waals surface area contributed by atoms with Crippen LogP contribution in [0.4, 0.5) is 11.4 Å². The van der Waals surface area contributed by atoms with Crippen LogP contribution in [0.5, 0.6) is 0 Å². The second kappa shape index (κ2) is 9.33. The molecule has 0 aromatic heterocycles. The molecule has 0 aliphatic heterocycles. The molecule has 2 amide bonds. The highest BCUT2D eigenvalue weighted by Gasteiger charge is 2.51. The number of hydrogen-bond donors (Lipinski definition) is 4. The van der Waals surface area contributed by atoms with Gasteiger partial charge in [-0.25, -0.2) is 0 Å². The van der Waals surface area contributed by atoms with Gasteiger partial charge in [0.1, 0.15) is 0 Å². The van der Waals surface area contributed by atoms with Crippen LogP contribution in [0, 0.1) is 17.8 Å². The summed E-state index contributed by atoms with van der Waals surface area (Å²) in [5.74, 6) is 2.01. The Bertz CT molecular complexity index is 678. The van der Waals surface area contributed by atoms with Crippen molar-refractivity contribution in [2.75, 3.05) is 23.7 Å². The lowest BCUT2D eigenvalue weighted by atomic mass is 9.53. The van der Waals surface area contributed by atoms with Crippen molar-refractivity contribution in [3.05, 3.63) is 24.3 Å². The normalized spacial score (nSPS) is 29.2. The van der Waals surface area contributed by atoms with Crippen LogP contribution in [0.2, 0.25) is 0 Å². The van der Waals surface area contributed by atoms with Gasteiger partial charge in [0.15, 0.2) is 0 Å². The maximum absolute atomic E-state index is 12.2. The summed E-state index contributed by atoms with van der Waals surface area (Å²) < 4.78 is 0. The zero-order valence-corrected chi connectivity index (χ0v) is 17.5. The van der Waals surface area contributed by atoms with E-state index in [-0.39, 0.29) is 55.3 Å². The molecule has 0 radical (unpaired) electrons. The standard InChI is InChI=1S/C20H28N4O2.2ClH/c21-11-18(25)22-12-19(26)23-16-3-1-2-4-17(16)24-20-8-13-5-14(9-20)7-15(6-13)10-20;;/h1-4,13-15,24H,5-12,21H2,(H,22,25)(H,23,26);2*1H. The molecule has 6 nitrogen and oxygen atoms in total. The van der Waals surface area contributed by atoms with E-state index in [2.05, 4.69) is 16.0 Å². The quantitative estimate of drug-likeness (QED) is 0.559. The van der Waals surface area contributed by atoms with Gasteiger partial charge in [-0.2, -0.15) is 0 Å². The lowest BCUT2D eigenvalue weighted by Crippen LogP contribution is -2.54. The summed E-state index contributed by atoms with van der Waals surface area (Å²) in [6, 6.07) is 7.85. The molecular weight excluding hydrogens is 399 g/mol. The van der Waals surface area contributed by atoms with Crippen molar-refractivity contribution in [2.45, 2.75) is 44.1 Å². The minimum Gasteiger partial charge on any atom is -0.378 e. The Labute approximate surface area is 178 Å². The number of nitrogens with one attached hydrogen (secondary N) is 3. The Balaban J connectivity index is 0.00000140. The van der Waals surface area contributed by atoms with Gasteiger partial charge in [-0.15, -0.1) is 24.8 Å². The first-order chi connectivity index (χ1) is 12.5. The minimum absolute atomic E-state index is 0. The van der Waals surface area contributed by atoms with E-state index in [0.717, 1.165) is 29.1 Å². The second-order valence-corrected chi connectivity index (χ2v) is 8.40. The molecule has 0 atom stereocenters. The summed E-state index contributed by atoms with van der Waals surface area (Å²) >= 11 is 0. The van der Waals surface area contributed by atoms with Crippen molar-refractivity contribution >= 4 is 48.0 Å². The SMILES string of the molecule is Cl.Cl.NCC(=O)NCC(=O)Nc1ccccc1NC12CC3CC(CC(C3)C1)C2. The third-order valence-corrected chi connectivity index (χ3v) is 6.27. The van der Waals surface area contributed by atoms with Crippen molar-refractivity contribution in [3.8, 4) is 0 Å². The van der Waals surface area contributed by atoms with Crippen molar-refractivity contribution in [3.63, 3.8) is 0 Å². The zero-order chi connectivity index (χ0) is 18.1. The summed E-state index contributed by atoms with van der Waals surface area (Å²) in [5, 5.41) is 9.23. The number of halogens is 2. The fourth-order valence-corrected chi connectivity index (χ4v) is 5.70. The molecule has 0 saturated heterocycles. The van der Waals surface area contributed by atoms with E-state index in [1.165, 1.54) is 38.5 Å². The molecule has 4 aliphatic rings. The predicted molar refractivity (Wildman–Crippen MR) is 116 cm³/mol. The molecule has 5 rings (SSSR count). The third-order valence-electron chi connectivity index (χ3n) is 6.27. The van der Waals surface area contributed by atoms with Crippen LogP contribution < -0.4 is 21.7 Å². The van der Waals surface area contributed by atoms with E-state index < -0.39 is 0 Å². The molecule has 5 N–H and O–H groups in total. The van der Waals surface area contributed by atoms with Gasteiger partial charge in [0, 0.05) is 5.54 Å². The summed E-state index contributed by atoms with van der Waals surface area (Å²) in [4.78, 5) is 23.4. The average molecular weight is 429 g/mol. The van der Waals surface area contributed by atoms with Gasteiger partial charge in [0.25, 0.3) is 0 Å². The van der Waals surface area contributed by atoms with Crippen LogP contribution in [-0.2, 0) is 9.59 Å². The molecule has 156 valence electrons. The number of benzene rings is 1. The fraction of sp³-hybridized carbons (Fsp3) is 0.600. The highest BCUT2D eigenvalue weighted by atomic mass is 35.5. The molecule has 0 spiro atoms. The minimum atomic E-state index is -0.333. The Kier molecular flexibility index (Phi) is 7.59. The number of anilines is 2. The van der Waals surface area contributed by atoms with Crippen LogP contribution in [0.1, 0.15) is 38.5 Å². The maximum Gasteiger partial charge on any atom is 0.243 e. The molecular formula is C20H30Cl2N4O2. The summed E-state index contributed by atoms with van der Waals surface area (Å²) in [6.45, 7) is -0.181. The molecule has 4 bridgehead atoms. The van der Waals surface area contributed by atoms with E-state index in [9.17, 15) is 9.59 Å². The molecule has 1 aromatic rings. The monoisotopic (exact) mass is 428 g/mol. The molecule has 4 saturated carbocycles. The first-order valence-electron chi connectivity index (χ1n) is 9.69. The Hall–Kier alpha value is -1.50. The number of carbonyl (C=O) groups is 2. The van der Waals surface area contributed by atoms with Crippen LogP contribution in [0.25, 0.3) is 0 Å². The third kappa shape index (κ3) is 4.91. The van der Waals surface area contributed by atoms with Crippen LogP contribution in [0.15, 0.2) is 24.3 Å². The van der Waals surface area contributed by atoms with Crippen molar-refractivity contribution in [1.82, 2.24) is 5.32 Å². The van der Waals surface area contributed by atoms with Crippen molar-refractivity contribution in [1.29, 1.82) is 0 Å². The summed E-state index contributed by atoms with van der Waals surface area (Å²) in [5.41, 5.74) is 7.18. The zero-order valence-electron chi connectivity index (χ0n) is 15.9. The number of nitrogens with two attached hydrogens (primary N) is 1. The number of rotatable bonds is 6. The molecule has 28 heavy (non-hydrogen) atoms. The molecule has 0 heterocycles. The van der Waals surface area contributed by atoms with Gasteiger partial charge in [0.2, 0.25) is 11.8 Å². The molecule has 0 unspecified atom stereocenters. The van der Waals surface area contributed by atoms with Gasteiger partial charge >= 0.3 is 0 Å². The number of amides is 2. The Morgan fingerprint density at radius 1 is 0.929 bits per heavy atom. The largest absolute Gasteiger partial charge is 0.378 e. The van der Waals surface area contributed by atoms with Crippen molar-refractivity contribution < 1.29 is 9.59 Å². The summed E-state index contributed by atoms with van der Waals surface area (Å²) in [7, 11) is 0. The van der Waals surface area contributed by atoms with Crippen molar-refractivity contribution in [2.24, 2.45) is 23.5 Å². The van der Waals surface area contributed by atoms with Gasteiger partial charge in [-0.3, -0.25) is 9.59 Å². The molecule has 4 fully saturated rings. The van der Waals surface area contributed by atoms with Gasteiger partial charge in [0.05, 0.1) is 24.5 Å². The second-order valence-electron chi connectivity index (χ2n) is 8.40. The van der Waals surface area contributed by atoms with Crippen LogP contribution in [0.3, 0.4) is 0 Å². The number of hydrogen-bond acceptors (Lipinski definition) is 4. The van der Waals surface area contributed by atoms with E-state index in [1.807, 2.05) is 24.3 Å². The number of para-hydroxylation sites is 2. The molecule has 1 aromatic carbocycles. The summed E-state index contributed by atoms with van der Waals surface area (Å²) in [6.07, 6.45) is 7.94. The van der Waals surface area contributed by atoms with E-state index in [4.69, 9.17) is 5.73 Å². The topological polar surface area (TPSA) is 96.2 Å². The van der Waals surface area contributed by atoms with Gasteiger partial charge < -0.3 is 21.7 Å². The predicted octanol–water partition coefficient (Wildman–Crippen LogP) is 2.92. The van der Waals surface area contributed by atoms with E-state index in [1.54, 1.807) is 0 Å². The van der Waals surface area contributed by atoms with E-state index in [0.29, 0.717) is 0 Å². The highest BCUT2D eigenvalue weighted by molar-refractivity contribution is 5.97. The first kappa shape index (κ1) is 22.8. The van der Waals surface area contributed by atoms with Crippen LogP contribution >= 0.6 is 24.8 Å². The maximum atomic E-state index is 12.2. The smallest absolute Gasteiger partial charge is 0.243 e. The Morgan fingerprint density at radius 3 is 2.00 bits per heavy atom. The molecule has 4 aliphatic carbocycles. The van der Waals surface area contributed by atoms with Gasteiger partial charge in [-0.05, 0) is 68.4 Å². The average Bonchev–Trinajstić information content (AvgIpc) is 2.60. The molecule has 8 heteroatoms. The van der Waals surface area contributed by atoms with E-state index >= 15 is 0 Å². The van der Waals surface area contributed by atoms with Crippen LogP contribution in [-0.4, -0.2) is 30.4 Å².